The van der Waals surface area contributed by atoms with Gasteiger partial charge in [-0.25, -0.2) is 4.79 Å². The van der Waals surface area contributed by atoms with E-state index >= 15 is 0 Å². The Morgan fingerprint density at radius 1 is 1.36 bits per heavy atom. The maximum absolute atomic E-state index is 12.0. The van der Waals surface area contributed by atoms with Gasteiger partial charge in [0.15, 0.2) is 5.11 Å². The lowest BCUT2D eigenvalue weighted by molar-refractivity contribution is 0.119. The van der Waals surface area contributed by atoms with Gasteiger partial charge >= 0.3 is 6.09 Å². The zero-order valence-electron chi connectivity index (χ0n) is 14.4. The largest absolute Gasteiger partial charge is 0.444 e. The van der Waals surface area contributed by atoms with E-state index in [0.29, 0.717) is 6.54 Å². The van der Waals surface area contributed by atoms with Crippen LogP contribution in [0.1, 0.15) is 31.7 Å². The molecule has 1 aromatic rings. The van der Waals surface area contributed by atoms with E-state index in [9.17, 15) is 4.79 Å². The normalized spacial score (nSPS) is 21.4. The molecule has 0 spiro atoms. The van der Waals surface area contributed by atoms with Gasteiger partial charge in [0.1, 0.15) is 6.10 Å². The average Bonchev–Trinajstić information content (AvgIpc) is 3.02. The summed E-state index contributed by atoms with van der Waals surface area (Å²) in [6, 6.07) is 8.02. The Labute approximate surface area is 159 Å². The highest BCUT2D eigenvalue weighted by Crippen LogP contribution is 2.23. The molecule has 2 fully saturated rings. The third-order valence-electron chi connectivity index (χ3n) is 4.94. The molecule has 0 radical (unpaired) electrons. The van der Waals surface area contributed by atoms with E-state index in [2.05, 4.69) is 10.2 Å². The molecule has 25 heavy (non-hydrogen) atoms. The molecule has 7 heteroatoms. The molecule has 2 aliphatic rings. The molecule has 0 saturated carbocycles. The Kier molecular flexibility index (Phi) is 6.02. The number of cyclic esters (lactones) is 1. The summed E-state index contributed by atoms with van der Waals surface area (Å²) in [4.78, 5) is 16.1. The zero-order valence-corrected chi connectivity index (χ0v) is 16.0. The standard InChI is InChI=1S/C18H24ClN3O2S/c1-2-15-12-22(18(23)24-15)14-7-9-21(10-8-14)17(25)20-11-13-5-3-4-6-16(13)19/h3-6,14-15H,2,7-12H2,1H3,(H,20,25). The Bertz CT molecular complexity index is 635. The van der Waals surface area contributed by atoms with Crippen molar-refractivity contribution < 1.29 is 9.53 Å². The Balaban J connectivity index is 1.46. The molecule has 3 rings (SSSR count). The van der Waals surface area contributed by atoms with Crippen LogP contribution in [-0.2, 0) is 11.3 Å². The van der Waals surface area contributed by atoms with Crippen LogP contribution in [-0.4, -0.2) is 52.8 Å². The lowest BCUT2D eigenvalue weighted by Crippen LogP contribution is -2.49. The van der Waals surface area contributed by atoms with Gasteiger partial charge in [0, 0.05) is 30.7 Å². The van der Waals surface area contributed by atoms with Gasteiger partial charge in [0.2, 0.25) is 0 Å². The van der Waals surface area contributed by atoms with Crippen molar-refractivity contribution in [3.63, 3.8) is 0 Å². The molecule has 1 atom stereocenters. The number of carbonyl (C=O) groups is 1. The second-order valence-electron chi connectivity index (χ2n) is 6.53. The molecule has 1 amide bonds. The summed E-state index contributed by atoms with van der Waals surface area (Å²) in [5.74, 6) is 0. The molecule has 1 unspecified atom stereocenters. The molecule has 2 saturated heterocycles. The number of benzene rings is 1. The summed E-state index contributed by atoms with van der Waals surface area (Å²) in [5.41, 5.74) is 1.03. The summed E-state index contributed by atoms with van der Waals surface area (Å²) < 4.78 is 5.37. The maximum atomic E-state index is 12.0. The van der Waals surface area contributed by atoms with Crippen molar-refractivity contribution in [2.24, 2.45) is 0 Å². The maximum Gasteiger partial charge on any atom is 0.410 e. The first-order valence-corrected chi connectivity index (χ1v) is 9.60. The second kappa shape index (κ2) is 8.23. The topological polar surface area (TPSA) is 44.8 Å². The van der Waals surface area contributed by atoms with Gasteiger partial charge in [-0.3, -0.25) is 0 Å². The lowest BCUT2D eigenvalue weighted by atomic mass is 10.0. The highest BCUT2D eigenvalue weighted by atomic mass is 35.5. The highest BCUT2D eigenvalue weighted by molar-refractivity contribution is 7.80. The second-order valence-corrected chi connectivity index (χ2v) is 7.33. The van der Waals surface area contributed by atoms with Gasteiger partial charge in [-0.2, -0.15) is 0 Å². The molecule has 2 heterocycles. The fraction of sp³-hybridized carbons (Fsp3) is 0.556. The molecular weight excluding hydrogens is 358 g/mol. The number of likely N-dealkylation sites (tertiary alicyclic amines) is 1. The van der Waals surface area contributed by atoms with Gasteiger partial charge in [-0.05, 0) is 43.1 Å². The summed E-state index contributed by atoms with van der Waals surface area (Å²) >= 11 is 11.7. The molecule has 0 aromatic heterocycles. The number of halogens is 1. The minimum absolute atomic E-state index is 0.0453. The number of amides is 1. The molecule has 0 bridgehead atoms. The summed E-state index contributed by atoms with van der Waals surface area (Å²) in [5, 5.41) is 4.78. The fourth-order valence-corrected chi connectivity index (χ4v) is 3.81. The number of nitrogens with zero attached hydrogens (tertiary/aromatic N) is 2. The van der Waals surface area contributed by atoms with Gasteiger partial charge in [0.05, 0.1) is 6.54 Å². The van der Waals surface area contributed by atoms with E-state index in [4.69, 9.17) is 28.6 Å². The van der Waals surface area contributed by atoms with Crippen LogP contribution in [0, 0.1) is 0 Å². The molecule has 136 valence electrons. The molecule has 5 nitrogen and oxygen atoms in total. The van der Waals surface area contributed by atoms with Crippen LogP contribution < -0.4 is 5.32 Å². The SMILES string of the molecule is CCC1CN(C2CCN(C(=S)NCc3ccccc3Cl)CC2)C(=O)O1. The first-order valence-electron chi connectivity index (χ1n) is 8.82. The van der Waals surface area contributed by atoms with Crippen LogP contribution in [0.15, 0.2) is 24.3 Å². The van der Waals surface area contributed by atoms with Gasteiger partial charge in [-0.1, -0.05) is 36.7 Å². The van der Waals surface area contributed by atoms with Crippen molar-refractivity contribution in [1.82, 2.24) is 15.1 Å². The van der Waals surface area contributed by atoms with Gasteiger partial charge in [0.25, 0.3) is 0 Å². The monoisotopic (exact) mass is 381 g/mol. The first kappa shape index (κ1) is 18.3. The van der Waals surface area contributed by atoms with Gasteiger partial charge in [-0.15, -0.1) is 0 Å². The molecule has 2 aliphatic heterocycles. The number of ether oxygens (including phenoxy) is 1. The average molecular weight is 382 g/mol. The Morgan fingerprint density at radius 3 is 2.72 bits per heavy atom. The molecule has 1 N–H and O–H groups in total. The van der Waals surface area contributed by atoms with Crippen molar-refractivity contribution in [1.29, 1.82) is 0 Å². The highest BCUT2D eigenvalue weighted by Gasteiger charge is 2.36. The van der Waals surface area contributed by atoms with E-state index in [1.807, 2.05) is 36.1 Å². The smallest absolute Gasteiger partial charge is 0.410 e. The van der Waals surface area contributed by atoms with Crippen LogP contribution in [0.5, 0.6) is 0 Å². The van der Waals surface area contributed by atoms with E-state index in [-0.39, 0.29) is 18.2 Å². The van der Waals surface area contributed by atoms with E-state index in [1.165, 1.54) is 0 Å². The third-order valence-corrected chi connectivity index (χ3v) is 5.71. The number of carbonyl (C=O) groups excluding carboxylic acids is 1. The van der Waals surface area contributed by atoms with E-state index < -0.39 is 0 Å². The van der Waals surface area contributed by atoms with E-state index in [1.54, 1.807) is 0 Å². The number of hydrogen-bond donors (Lipinski definition) is 1. The fourth-order valence-electron chi connectivity index (χ4n) is 3.36. The van der Waals surface area contributed by atoms with Crippen molar-refractivity contribution in [3.05, 3.63) is 34.9 Å². The number of thiocarbonyl (C=S) groups is 1. The van der Waals surface area contributed by atoms with Crippen LogP contribution in [0.3, 0.4) is 0 Å². The predicted octanol–water partition coefficient (Wildman–Crippen LogP) is 3.41. The van der Waals surface area contributed by atoms with Crippen molar-refractivity contribution in [2.75, 3.05) is 19.6 Å². The first-order chi connectivity index (χ1) is 12.1. The van der Waals surface area contributed by atoms with Crippen molar-refractivity contribution >= 4 is 35.0 Å². The Morgan fingerprint density at radius 2 is 2.08 bits per heavy atom. The number of hydrogen-bond acceptors (Lipinski definition) is 3. The van der Waals surface area contributed by atoms with Crippen LogP contribution in [0.4, 0.5) is 4.79 Å². The quantitative estimate of drug-likeness (QED) is 0.810. The molecule has 0 aliphatic carbocycles. The number of piperidine rings is 1. The number of rotatable bonds is 4. The molecule has 1 aromatic carbocycles. The van der Waals surface area contributed by atoms with Gasteiger partial charge < -0.3 is 19.9 Å². The lowest BCUT2D eigenvalue weighted by Gasteiger charge is -2.37. The van der Waals surface area contributed by atoms with Crippen molar-refractivity contribution in [2.45, 2.75) is 44.9 Å². The zero-order chi connectivity index (χ0) is 17.8. The predicted molar refractivity (Wildman–Crippen MR) is 103 cm³/mol. The minimum Gasteiger partial charge on any atom is -0.444 e. The summed E-state index contributed by atoms with van der Waals surface area (Å²) in [6.07, 6.45) is 2.59. The van der Waals surface area contributed by atoms with Crippen molar-refractivity contribution in [3.8, 4) is 0 Å². The third kappa shape index (κ3) is 4.36. The minimum atomic E-state index is -0.162. The van der Waals surface area contributed by atoms with Crippen LogP contribution in [0.25, 0.3) is 0 Å². The molecular formula is C18H24ClN3O2S. The summed E-state index contributed by atoms with van der Waals surface area (Å²) in [6.45, 7) is 5.08. The van der Waals surface area contributed by atoms with Crippen LogP contribution in [0.2, 0.25) is 5.02 Å². The number of nitrogens with one attached hydrogen (secondary N) is 1. The summed E-state index contributed by atoms with van der Waals surface area (Å²) in [7, 11) is 0. The van der Waals surface area contributed by atoms with Crippen LogP contribution >= 0.6 is 23.8 Å². The van der Waals surface area contributed by atoms with E-state index in [0.717, 1.165) is 54.6 Å². The Hall–Kier alpha value is -1.53.